The van der Waals surface area contributed by atoms with Crippen molar-refractivity contribution in [2.45, 2.75) is 38.8 Å². The second-order valence-corrected chi connectivity index (χ2v) is 6.42. The summed E-state index contributed by atoms with van der Waals surface area (Å²) in [4.78, 5) is 11.4. The number of anilines is 1. The fourth-order valence-corrected chi connectivity index (χ4v) is 3.73. The number of aryl methyl sites for hydroxylation is 2. The largest absolute Gasteiger partial charge is 0.349 e. The maximum atomic E-state index is 8.82. The fourth-order valence-electron chi connectivity index (χ4n) is 3.73. The van der Waals surface area contributed by atoms with Gasteiger partial charge in [0.15, 0.2) is 5.65 Å². The summed E-state index contributed by atoms with van der Waals surface area (Å²) in [5, 5.41) is 14.2. The van der Waals surface area contributed by atoms with Crippen LogP contribution in [0.15, 0.2) is 36.8 Å². The number of nitriles is 1. The maximum Gasteiger partial charge on any atom is 0.163 e. The van der Waals surface area contributed by atoms with Crippen LogP contribution in [0, 0.1) is 18.3 Å². The van der Waals surface area contributed by atoms with Crippen LogP contribution >= 0.6 is 0 Å². The number of rotatable bonds is 4. The first-order valence-corrected chi connectivity index (χ1v) is 8.65. The normalized spacial score (nSPS) is 17.1. The number of fused-ring (bicyclic) bond motifs is 1. The molecule has 126 valence electrons. The third-order valence-corrected chi connectivity index (χ3v) is 4.92. The van der Waals surface area contributed by atoms with Crippen molar-refractivity contribution in [1.82, 2.24) is 19.7 Å². The SMILES string of the molecule is Cc1ccccc1[C@@H]1CCCN1c1ncnc2c1cnn2CCC#N. The first kappa shape index (κ1) is 15.6. The first-order valence-electron chi connectivity index (χ1n) is 8.65. The van der Waals surface area contributed by atoms with Gasteiger partial charge < -0.3 is 4.90 Å². The zero-order valence-corrected chi connectivity index (χ0v) is 14.3. The van der Waals surface area contributed by atoms with Gasteiger partial charge in [0, 0.05) is 6.54 Å². The topological polar surface area (TPSA) is 70.6 Å². The molecule has 6 heteroatoms. The Morgan fingerprint density at radius 1 is 1.28 bits per heavy atom. The van der Waals surface area contributed by atoms with E-state index in [-0.39, 0.29) is 0 Å². The predicted octanol–water partition coefficient (Wildman–Crippen LogP) is 3.39. The summed E-state index contributed by atoms with van der Waals surface area (Å²) >= 11 is 0. The minimum atomic E-state index is 0.335. The average Bonchev–Trinajstić information content (AvgIpc) is 3.27. The van der Waals surface area contributed by atoms with Crippen LogP contribution in [0.2, 0.25) is 0 Å². The third kappa shape index (κ3) is 2.72. The van der Waals surface area contributed by atoms with Gasteiger partial charge in [-0.3, -0.25) is 0 Å². The molecule has 0 saturated carbocycles. The van der Waals surface area contributed by atoms with E-state index >= 15 is 0 Å². The summed E-state index contributed by atoms with van der Waals surface area (Å²) in [6, 6.07) is 11.1. The Balaban J connectivity index is 1.75. The highest BCUT2D eigenvalue weighted by Gasteiger charge is 2.29. The highest BCUT2D eigenvalue weighted by molar-refractivity contribution is 5.87. The quantitative estimate of drug-likeness (QED) is 0.732. The van der Waals surface area contributed by atoms with Crippen LogP contribution in [-0.2, 0) is 6.54 Å². The summed E-state index contributed by atoms with van der Waals surface area (Å²) in [5.41, 5.74) is 3.48. The summed E-state index contributed by atoms with van der Waals surface area (Å²) in [6.45, 7) is 3.70. The molecule has 3 aromatic rings. The van der Waals surface area contributed by atoms with Crippen LogP contribution in [0.25, 0.3) is 11.0 Å². The van der Waals surface area contributed by atoms with Crippen LogP contribution in [0.5, 0.6) is 0 Å². The lowest BCUT2D eigenvalue weighted by atomic mass is 9.99. The summed E-state index contributed by atoms with van der Waals surface area (Å²) in [6.07, 6.45) is 6.13. The number of hydrogen-bond donors (Lipinski definition) is 0. The monoisotopic (exact) mass is 332 g/mol. The summed E-state index contributed by atoms with van der Waals surface area (Å²) in [7, 11) is 0. The molecule has 1 atom stereocenters. The van der Waals surface area contributed by atoms with E-state index < -0.39 is 0 Å². The second-order valence-electron chi connectivity index (χ2n) is 6.42. The van der Waals surface area contributed by atoms with Crippen molar-refractivity contribution in [1.29, 1.82) is 5.26 Å². The van der Waals surface area contributed by atoms with Gasteiger partial charge in [-0.1, -0.05) is 24.3 Å². The molecule has 0 unspecified atom stereocenters. The Morgan fingerprint density at radius 3 is 3.00 bits per heavy atom. The zero-order chi connectivity index (χ0) is 17.2. The highest BCUT2D eigenvalue weighted by atomic mass is 15.3. The number of nitrogens with zero attached hydrogens (tertiary/aromatic N) is 6. The first-order chi connectivity index (χ1) is 12.3. The molecule has 0 N–H and O–H groups in total. The average molecular weight is 332 g/mol. The molecule has 4 rings (SSSR count). The molecule has 1 aliphatic rings. The molecule has 0 amide bonds. The fraction of sp³-hybridized carbons (Fsp3) is 0.368. The van der Waals surface area contributed by atoms with E-state index in [1.54, 1.807) is 11.0 Å². The molecule has 0 spiro atoms. The van der Waals surface area contributed by atoms with Gasteiger partial charge in [0.2, 0.25) is 0 Å². The van der Waals surface area contributed by atoms with Crippen LogP contribution < -0.4 is 4.90 Å². The van der Waals surface area contributed by atoms with Crippen LogP contribution in [0.3, 0.4) is 0 Å². The predicted molar refractivity (Wildman–Crippen MR) is 96.1 cm³/mol. The van der Waals surface area contributed by atoms with Gasteiger partial charge in [0.05, 0.1) is 36.7 Å². The van der Waals surface area contributed by atoms with Gasteiger partial charge in [-0.05, 0) is 30.9 Å². The van der Waals surface area contributed by atoms with Gasteiger partial charge in [-0.15, -0.1) is 0 Å². The molecule has 1 aliphatic heterocycles. The van der Waals surface area contributed by atoms with E-state index in [0.29, 0.717) is 19.0 Å². The maximum absolute atomic E-state index is 8.82. The van der Waals surface area contributed by atoms with Crippen LogP contribution in [0.1, 0.15) is 36.4 Å². The van der Waals surface area contributed by atoms with Crippen molar-refractivity contribution in [3.05, 3.63) is 47.9 Å². The molecule has 1 aromatic carbocycles. The third-order valence-electron chi connectivity index (χ3n) is 4.92. The molecule has 0 aliphatic carbocycles. The van der Waals surface area contributed by atoms with Crippen molar-refractivity contribution in [2.75, 3.05) is 11.4 Å². The molecule has 1 saturated heterocycles. The lowest BCUT2D eigenvalue weighted by Gasteiger charge is -2.27. The lowest BCUT2D eigenvalue weighted by molar-refractivity contribution is 0.643. The molecule has 3 heterocycles. The molecule has 1 fully saturated rings. The smallest absolute Gasteiger partial charge is 0.163 e. The molecular weight excluding hydrogens is 312 g/mol. The molecule has 6 nitrogen and oxygen atoms in total. The minimum absolute atomic E-state index is 0.335. The lowest BCUT2D eigenvalue weighted by Crippen LogP contribution is -2.24. The van der Waals surface area contributed by atoms with Gasteiger partial charge in [-0.2, -0.15) is 10.4 Å². The van der Waals surface area contributed by atoms with Crippen molar-refractivity contribution >= 4 is 16.9 Å². The van der Waals surface area contributed by atoms with E-state index in [1.165, 1.54) is 11.1 Å². The Hall–Kier alpha value is -2.94. The van der Waals surface area contributed by atoms with Crippen LogP contribution in [0.4, 0.5) is 5.82 Å². The van der Waals surface area contributed by atoms with Gasteiger partial charge in [0.1, 0.15) is 12.1 Å². The number of hydrogen-bond acceptors (Lipinski definition) is 5. The number of aromatic nitrogens is 4. The molecule has 2 aromatic heterocycles. The second kappa shape index (κ2) is 6.52. The summed E-state index contributed by atoms with van der Waals surface area (Å²) < 4.78 is 1.79. The number of benzene rings is 1. The standard InChI is InChI=1S/C19H20N6/c1-14-6-2-3-7-15(14)17-8-4-10-24(17)18-16-12-23-25(11-5-9-20)19(16)22-13-21-18/h2-3,6-7,12-13,17H,4-5,8,10-11H2,1H3/t17-/m0/s1. The van der Waals surface area contributed by atoms with E-state index in [9.17, 15) is 0 Å². The van der Waals surface area contributed by atoms with Gasteiger partial charge in [-0.25, -0.2) is 14.6 Å². The Kier molecular flexibility index (Phi) is 4.06. The van der Waals surface area contributed by atoms with Crippen molar-refractivity contribution < 1.29 is 0 Å². The molecule has 0 radical (unpaired) electrons. The van der Waals surface area contributed by atoms with Gasteiger partial charge >= 0.3 is 0 Å². The highest BCUT2D eigenvalue weighted by Crippen LogP contribution is 2.38. The molecule has 25 heavy (non-hydrogen) atoms. The van der Waals surface area contributed by atoms with Crippen molar-refractivity contribution in [3.63, 3.8) is 0 Å². The van der Waals surface area contributed by atoms with Crippen LogP contribution in [-0.4, -0.2) is 26.3 Å². The van der Waals surface area contributed by atoms with E-state index in [1.807, 2.05) is 6.20 Å². The van der Waals surface area contributed by atoms with Gasteiger partial charge in [0.25, 0.3) is 0 Å². The molecule has 0 bridgehead atoms. The van der Waals surface area contributed by atoms with E-state index in [0.717, 1.165) is 36.2 Å². The van der Waals surface area contributed by atoms with Crippen molar-refractivity contribution in [2.24, 2.45) is 0 Å². The Labute approximate surface area is 146 Å². The minimum Gasteiger partial charge on any atom is -0.349 e. The summed E-state index contributed by atoms with van der Waals surface area (Å²) in [5.74, 6) is 0.943. The molecular formula is C19H20N6. The Bertz CT molecular complexity index is 938. The Morgan fingerprint density at radius 2 is 2.16 bits per heavy atom. The van der Waals surface area contributed by atoms with E-state index in [4.69, 9.17) is 5.26 Å². The zero-order valence-electron chi connectivity index (χ0n) is 14.3. The van der Waals surface area contributed by atoms with E-state index in [2.05, 4.69) is 57.2 Å². The van der Waals surface area contributed by atoms with Crippen molar-refractivity contribution in [3.8, 4) is 6.07 Å².